The lowest BCUT2D eigenvalue weighted by Crippen LogP contribution is -2.41. The number of carbonyl (C=O) groups excluding carboxylic acids is 3. The molecule has 0 aromatic heterocycles. The standard InChI is InChI=1S/C19H16ClN3O6/c1-11-8-17(24)21-15-4-2-3-5-16(15)22(11)18(25)10-29-19(26)13-7-6-12(23(27)28)9-14(13)20/h2-7,9,11H,8,10H2,1H3,(H,21,24). The van der Waals surface area contributed by atoms with Crippen LogP contribution in [0.3, 0.4) is 0 Å². The van der Waals surface area contributed by atoms with Gasteiger partial charge in [-0.15, -0.1) is 0 Å². The van der Waals surface area contributed by atoms with Crippen molar-refractivity contribution < 1.29 is 24.0 Å². The minimum absolute atomic E-state index is 0.0859. The Labute approximate surface area is 170 Å². The molecule has 9 nitrogen and oxygen atoms in total. The summed E-state index contributed by atoms with van der Waals surface area (Å²) in [7, 11) is 0. The molecular formula is C19H16ClN3O6. The molecule has 1 atom stereocenters. The van der Waals surface area contributed by atoms with Crippen LogP contribution in [0.1, 0.15) is 23.7 Å². The van der Waals surface area contributed by atoms with Crippen molar-refractivity contribution in [3.8, 4) is 0 Å². The Balaban J connectivity index is 1.76. The molecule has 0 fully saturated rings. The van der Waals surface area contributed by atoms with Gasteiger partial charge in [-0.05, 0) is 25.1 Å². The third-order valence-corrected chi connectivity index (χ3v) is 4.65. The Morgan fingerprint density at radius 3 is 2.72 bits per heavy atom. The maximum absolute atomic E-state index is 12.8. The first-order valence-electron chi connectivity index (χ1n) is 8.60. The van der Waals surface area contributed by atoms with Gasteiger partial charge in [0.15, 0.2) is 6.61 Å². The molecule has 1 N–H and O–H groups in total. The quantitative estimate of drug-likeness (QED) is 0.463. The number of hydrogen-bond donors (Lipinski definition) is 1. The number of nitrogens with one attached hydrogen (secondary N) is 1. The molecule has 1 unspecified atom stereocenters. The van der Waals surface area contributed by atoms with Crippen molar-refractivity contribution in [3.05, 3.63) is 63.2 Å². The molecule has 1 aliphatic heterocycles. The summed E-state index contributed by atoms with van der Waals surface area (Å²) < 4.78 is 5.07. The number of amides is 2. The molecule has 1 aliphatic rings. The number of para-hydroxylation sites is 2. The van der Waals surface area contributed by atoms with E-state index in [9.17, 15) is 24.5 Å². The van der Waals surface area contributed by atoms with Crippen molar-refractivity contribution in [3.63, 3.8) is 0 Å². The summed E-state index contributed by atoms with van der Waals surface area (Å²) in [6, 6.07) is 9.69. The largest absolute Gasteiger partial charge is 0.452 e. The summed E-state index contributed by atoms with van der Waals surface area (Å²) in [6.45, 7) is 1.13. The van der Waals surface area contributed by atoms with E-state index in [4.69, 9.17) is 16.3 Å². The van der Waals surface area contributed by atoms with Crippen molar-refractivity contribution in [2.75, 3.05) is 16.8 Å². The van der Waals surface area contributed by atoms with E-state index in [1.807, 2.05) is 0 Å². The molecule has 0 saturated carbocycles. The fraction of sp³-hybridized carbons (Fsp3) is 0.211. The second-order valence-electron chi connectivity index (χ2n) is 6.38. The molecule has 10 heteroatoms. The van der Waals surface area contributed by atoms with Crippen LogP contribution in [0, 0.1) is 10.1 Å². The second-order valence-corrected chi connectivity index (χ2v) is 6.79. The monoisotopic (exact) mass is 417 g/mol. The third kappa shape index (κ3) is 4.35. The van der Waals surface area contributed by atoms with Gasteiger partial charge in [-0.25, -0.2) is 4.79 Å². The molecule has 2 amide bonds. The average molecular weight is 418 g/mol. The zero-order chi connectivity index (χ0) is 21.1. The van der Waals surface area contributed by atoms with Crippen molar-refractivity contribution in [1.82, 2.24) is 0 Å². The highest BCUT2D eigenvalue weighted by molar-refractivity contribution is 6.33. The summed E-state index contributed by atoms with van der Waals surface area (Å²) in [4.78, 5) is 48.6. The minimum Gasteiger partial charge on any atom is -0.452 e. The van der Waals surface area contributed by atoms with Gasteiger partial charge < -0.3 is 15.0 Å². The first-order valence-corrected chi connectivity index (χ1v) is 8.97. The Kier molecular flexibility index (Phi) is 5.79. The zero-order valence-electron chi connectivity index (χ0n) is 15.3. The van der Waals surface area contributed by atoms with Crippen LogP contribution in [0.4, 0.5) is 17.1 Å². The highest BCUT2D eigenvalue weighted by Gasteiger charge is 2.30. The van der Waals surface area contributed by atoms with Crippen LogP contribution < -0.4 is 10.2 Å². The van der Waals surface area contributed by atoms with E-state index in [2.05, 4.69) is 5.32 Å². The number of anilines is 2. The normalized spacial score (nSPS) is 15.7. The number of nitro groups is 1. The SMILES string of the molecule is CC1CC(=O)Nc2ccccc2N1C(=O)COC(=O)c1ccc([N+](=O)[O-])cc1Cl. The Morgan fingerprint density at radius 1 is 1.31 bits per heavy atom. The second kappa shape index (κ2) is 8.27. The van der Waals surface area contributed by atoms with Gasteiger partial charge in [-0.3, -0.25) is 19.7 Å². The summed E-state index contributed by atoms with van der Waals surface area (Å²) >= 11 is 5.91. The first kappa shape index (κ1) is 20.3. The number of benzene rings is 2. The molecule has 1 heterocycles. The highest BCUT2D eigenvalue weighted by atomic mass is 35.5. The fourth-order valence-corrected chi connectivity index (χ4v) is 3.28. The molecule has 2 aromatic rings. The number of ether oxygens (including phenoxy) is 1. The number of nitrogens with zero attached hydrogens (tertiary/aromatic N) is 2. The minimum atomic E-state index is -0.886. The summed E-state index contributed by atoms with van der Waals surface area (Å²) in [6.07, 6.45) is 0.0859. The predicted octanol–water partition coefficient (Wildman–Crippen LogP) is 3.17. The van der Waals surface area contributed by atoms with E-state index in [1.54, 1.807) is 31.2 Å². The van der Waals surface area contributed by atoms with Gasteiger partial charge in [0.05, 0.1) is 26.9 Å². The summed E-state index contributed by atoms with van der Waals surface area (Å²) in [5, 5.41) is 13.3. The van der Waals surface area contributed by atoms with Crippen molar-refractivity contribution in [2.45, 2.75) is 19.4 Å². The number of rotatable bonds is 4. The molecule has 3 rings (SSSR count). The molecule has 150 valence electrons. The van der Waals surface area contributed by atoms with Gasteiger partial charge in [-0.1, -0.05) is 23.7 Å². The molecule has 2 aromatic carbocycles. The van der Waals surface area contributed by atoms with Crippen LogP contribution in [-0.4, -0.2) is 35.4 Å². The molecule has 0 radical (unpaired) electrons. The summed E-state index contributed by atoms with van der Waals surface area (Å²) in [5.74, 6) is -1.63. The fourth-order valence-electron chi connectivity index (χ4n) is 3.03. The van der Waals surface area contributed by atoms with Gasteiger partial charge >= 0.3 is 5.97 Å². The number of halogens is 1. The van der Waals surface area contributed by atoms with Crippen molar-refractivity contribution in [2.24, 2.45) is 0 Å². The summed E-state index contributed by atoms with van der Waals surface area (Å²) in [5.41, 5.74) is 0.626. The topological polar surface area (TPSA) is 119 Å². The van der Waals surface area contributed by atoms with Crippen LogP contribution in [0.2, 0.25) is 5.02 Å². The third-order valence-electron chi connectivity index (χ3n) is 4.34. The van der Waals surface area contributed by atoms with Gasteiger partial charge in [0.25, 0.3) is 11.6 Å². The molecular weight excluding hydrogens is 402 g/mol. The maximum Gasteiger partial charge on any atom is 0.340 e. The van der Waals surface area contributed by atoms with Crippen molar-refractivity contribution in [1.29, 1.82) is 0 Å². The Morgan fingerprint density at radius 2 is 2.03 bits per heavy atom. The molecule has 0 bridgehead atoms. The van der Waals surface area contributed by atoms with Crippen LogP contribution >= 0.6 is 11.6 Å². The van der Waals surface area contributed by atoms with Gasteiger partial charge in [0.2, 0.25) is 5.91 Å². The van der Waals surface area contributed by atoms with Crippen LogP contribution in [0.25, 0.3) is 0 Å². The van der Waals surface area contributed by atoms with E-state index in [0.29, 0.717) is 11.4 Å². The van der Waals surface area contributed by atoms with Crippen LogP contribution in [0.15, 0.2) is 42.5 Å². The number of fused-ring (bicyclic) bond motifs is 1. The lowest BCUT2D eigenvalue weighted by atomic mass is 10.1. The zero-order valence-corrected chi connectivity index (χ0v) is 16.0. The van der Waals surface area contributed by atoms with Crippen molar-refractivity contribution >= 4 is 46.4 Å². The first-order chi connectivity index (χ1) is 13.8. The van der Waals surface area contributed by atoms with E-state index < -0.39 is 29.4 Å². The van der Waals surface area contributed by atoms with E-state index in [-0.39, 0.29) is 28.6 Å². The van der Waals surface area contributed by atoms with Crippen LogP contribution in [-0.2, 0) is 14.3 Å². The molecule has 0 spiro atoms. The number of esters is 1. The number of carbonyl (C=O) groups is 3. The van der Waals surface area contributed by atoms with E-state index in [1.165, 1.54) is 11.0 Å². The Hall–Kier alpha value is -3.46. The van der Waals surface area contributed by atoms with Gasteiger partial charge in [0, 0.05) is 24.6 Å². The average Bonchev–Trinajstić information content (AvgIpc) is 2.79. The van der Waals surface area contributed by atoms with Gasteiger partial charge in [-0.2, -0.15) is 0 Å². The predicted molar refractivity (Wildman–Crippen MR) is 105 cm³/mol. The van der Waals surface area contributed by atoms with Gasteiger partial charge in [0.1, 0.15) is 0 Å². The number of nitro benzene ring substituents is 1. The lowest BCUT2D eigenvalue weighted by molar-refractivity contribution is -0.384. The molecule has 0 saturated heterocycles. The maximum atomic E-state index is 12.8. The molecule has 0 aliphatic carbocycles. The smallest absolute Gasteiger partial charge is 0.340 e. The van der Waals surface area contributed by atoms with E-state index >= 15 is 0 Å². The van der Waals surface area contributed by atoms with Crippen LogP contribution in [0.5, 0.6) is 0 Å². The molecule has 29 heavy (non-hydrogen) atoms. The number of hydrogen-bond acceptors (Lipinski definition) is 6. The Bertz CT molecular complexity index is 1010. The highest BCUT2D eigenvalue weighted by Crippen LogP contribution is 2.31. The number of non-ortho nitro benzene ring substituents is 1. The van der Waals surface area contributed by atoms with E-state index in [0.717, 1.165) is 12.1 Å². The lowest BCUT2D eigenvalue weighted by Gasteiger charge is -2.27.